The molecule has 6 nitrogen and oxygen atoms in total. The molecular formula is C12H15BrN2O4. The minimum absolute atomic E-state index is 0.0389. The molecule has 0 aromatic carbocycles. The first kappa shape index (κ1) is 15.4. The van der Waals surface area contributed by atoms with E-state index in [1.807, 2.05) is 6.92 Å². The van der Waals surface area contributed by atoms with Gasteiger partial charge in [-0.3, -0.25) is 9.59 Å². The van der Waals surface area contributed by atoms with E-state index in [-0.39, 0.29) is 18.7 Å². The number of hydrogen-bond acceptors (Lipinski definition) is 5. The predicted octanol–water partition coefficient (Wildman–Crippen LogP) is 2.13. The lowest BCUT2D eigenvalue weighted by molar-refractivity contribution is -0.141. The third-order valence-corrected chi connectivity index (χ3v) is 2.77. The molecule has 1 heterocycles. The summed E-state index contributed by atoms with van der Waals surface area (Å²) in [4.78, 5) is 26.5. The molecule has 0 saturated heterocycles. The molecule has 0 atom stereocenters. The maximum atomic E-state index is 11.6. The fraction of sp³-hybridized carbons (Fsp3) is 0.417. The normalized spacial score (nSPS) is 9.84. The molecule has 0 saturated carbocycles. The first-order valence-corrected chi connectivity index (χ1v) is 6.51. The summed E-state index contributed by atoms with van der Waals surface area (Å²) in [5, 5.41) is 2.59. The van der Waals surface area contributed by atoms with Gasteiger partial charge in [0.1, 0.15) is 11.6 Å². The van der Waals surface area contributed by atoms with Crippen molar-refractivity contribution in [1.29, 1.82) is 0 Å². The van der Waals surface area contributed by atoms with Crippen molar-refractivity contribution < 1.29 is 19.1 Å². The summed E-state index contributed by atoms with van der Waals surface area (Å²) in [5.74, 6) is 0.249. The number of halogens is 1. The number of ether oxygens (including phenoxy) is 2. The van der Waals surface area contributed by atoms with Gasteiger partial charge in [-0.25, -0.2) is 4.98 Å². The van der Waals surface area contributed by atoms with E-state index in [4.69, 9.17) is 4.74 Å². The SMILES string of the molecule is CCOc1cc(NC(=O)CCC(=O)OC)ncc1Br. The number of nitrogens with zero attached hydrogens (tertiary/aromatic N) is 1. The summed E-state index contributed by atoms with van der Waals surface area (Å²) < 4.78 is 10.5. The van der Waals surface area contributed by atoms with Crippen molar-refractivity contribution in [3.63, 3.8) is 0 Å². The Morgan fingerprint density at radius 1 is 1.42 bits per heavy atom. The Balaban J connectivity index is 2.59. The van der Waals surface area contributed by atoms with Gasteiger partial charge < -0.3 is 14.8 Å². The highest BCUT2D eigenvalue weighted by Crippen LogP contribution is 2.26. The third kappa shape index (κ3) is 5.25. The van der Waals surface area contributed by atoms with Crippen LogP contribution in [-0.4, -0.2) is 30.6 Å². The van der Waals surface area contributed by atoms with Gasteiger partial charge in [0.25, 0.3) is 0 Å². The average molecular weight is 331 g/mol. The second kappa shape index (κ2) is 7.73. The van der Waals surface area contributed by atoms with Gasteiger partial charge in [-0.05, 0) is 22.9 Å². The van der Waals surface area contributed by atoms with Crippen molar-refractivity contribution in [3.8, 4) is 5.75 Å². The molecule has 0 aliphatic heterocycles. The zero-order chi connectivity index (χ0) is 14.3. The maximum Gasteiger partial charge on any atom is 0.306 e. The van der Waals surface area contributed by atoms with Crippen LogP contribution in [0.3, 0.4) is 0 Å². The quantitative estimate of drug-likeness (QED) is 0.808. The summed E-state index contributed by atoms with van der Waals surface area (Å²) in [7, 11) is 1.28. The monoisotopic (exact) mass is 330 g/mol. The Bertz CT molecular complexity index is 465. The van der Waals surface area contributed by atoms with Gasteiger partial charge in [0, 0.05) is 18.7 Å². The number of rotatable bonds is 6. The van der Waals surface area contributed by atoms with Crippen molar-refractivity contribution >= 4 is 33.6 Å². The number of amides is 1. The predicted molar refractivity (Wildman–Crippen MR) is 73.0 cm³/mol. The van der Waals surface area contributed by atoms with Crippen LogP contribution in [0.4, 0.5) is 5.82 Å². The minimum Gasteiger partial charge on any atom is -0.492 e. The molecule has 1 aromatic heterocycles. The Kier molecular flexibility index (Phi) is 6.27. The van der Waals surface area contributed by atoms with E-state index in [2.05, 4.69) is 31.0 Å². The number of aromatic nitrogens is 1. The van der Waals surface area contributed by atoms with Crippen LogP contribution in [0.1, 0.15) is 19.8 Å². The van der Waals surface area contributed by atoms with E-state index in [1.54, 1.807) is 12.3 Å². The number of methoxy groups -OCH3 is 1. The van der Waals surface area contributed by atoms with Crippen LogP contribution in [-0.2, 0) is 14.3 Å². The number of carbonyl (C=O) groups excluding carboxylic acids is 2. The van der Waals surface area contributed by atoms with Gasteiger partial charge in [-0.1, -0.05) is 0 Å². The van der Waals surface area contributed by atoms with Gasteiger partial charge in [-0.15, -0.1) is 0 Å². The molecule has 0 radical (unpaired) electrons. The number of esters is 1. The lowest BCUT2D eigenvalue weighted by atomic mass is 10.3. The van der Waals surface area contributed by atoms with Gasteiger partial charge in [-0.2, -0.15) is 0 Å². The number of nitrogens with one attached hydrogen (secondary N) is 1. The second-order valence-corrected chi connectivity index (χ2v) is 4.41. The van der Waals surface area contributed by atoms with Crippen LogP contribution in [0.2, 0.25) is 0 Å². The van der Waals surface area contributed by atoms with Crippen LogP contribution in [0.25, 0.3) is 0 Å². The molecule has 0 spiro atoms. The minimum atomic E-state index is -0.422. The van der Waals surface area contributed by atoms with Crippen molar-refractivity contribution in [3.05, 3.63) is 16.7 Å². The Labute approximate surface area is 119 Å². The molecule has 1 amide bonds. The standard InChI is InChI=1S/C12H15BrN2O4/c1-3-19-9-6-10(14-7-8(9)13)15-11(16)4-5-12(17)18-2/h6-7H,3-5H2,1-2H3,(H,14,15,16). The fourth-order valence-electron chi connectivity index (χ4n) is 1.28. The van der Waals surface area contributed by atoms with Crippen LogP contribution in [0.15, 0.2) is 16.7 Å². The van der Waals surface area contributed by atoms with E-state index in [0.29, 0.717) is 22.6 Å². The highest BCUT2D eigenvalue weighted by Gasteiger charge is 2.09. The van der Waals surface area contributed by atoms with E-state index in [9.17, 15) is 9.59 Å². The molecular weight excluding hydrogens is 316 g/mol. The molecule has 19 heavy (non-hydrogen) atoms. The highest BCUT2D eigenvalue weighted by molar-refractivity contribution is 9.10. The molecule has 1 aromatic rings. The first-order chi connectivity index (χ1) is 9.06. The lowest BCUT2D eigenvalue weighted by Gasteiger charge is -2.08. The van der Waals surface area contributed by atoms with Crippen molar-refractivity contribution in [1.82, 2.24) is 4.98 Å². The molecule has 7 heteroatoms. The Hall–Kier alpha value is -1.63. The molecule has 0 unspecified atom stereocenters. The van der Waals surface area contributed by atoms with E-state index < -0.39 is 5.97 Å². The number of pyridine rings is 1. The Morgan fingerprint density at radius 2 is 2.16 bits per heavy atom. The molecule has 0 bridgehead atoms. The van der Waals surface area contributed by atoms with Crippen LogP contribution >= 0.6 is 15.9 Å². The van der Waals surface area contributed by atoms with Gasteiger partial charge in [0.05, 0.1) is 24.6 Å². The summed E-state index contributed by atoms with van der Waals surface area (Å²) in [5.41, 5.74) is 0. The van der Waals surface area contributed by atoms with Crippen molar-refractivity contribution in [2.45, 2.75) is 19.8 Å². The van der Waals surface area contributed by atoms with E-state index in [0.717, 1.165) is 0 Å². The maximum absolute atomic E-state index is 11.6. The average Bonchev–Trinajstić information content (AvgIpc) is 2.40. The number of carbonyl (C=O) groups is 2. The van der Waals surface area contributed by atoms with Gasteiger partial charge in [0.15, 0.2) is 0 Å². The molecule has 0 aliphatic rings. The zero-order valence-corrected chi connectivity index (χ0v) is 12.3. The topological polar surface area (TPSA) is 77.5 Å². The van der Waals surface area contributed by atoms with E-state index >= 15 is 0 Å². The molecule has 104 valence electrons. The molecule has 0 fully saturated rings. The summed E-state index contributed by atoms with van der Waals surface area (Å²) in [6, 6.07) is 1.61. The van der Waals surface area contributed by atoms with Gasteiger partial charge in [0.2, 0.25) is 5.91 Å². The van der Waals surface area contributed by atoms with Crippen LogP contribution in [0, 0.1) is 0 Å². The number of anilines is 1. The lowest BCUT2D eigenvalue weighted by Crippen LogP contribution is -2.14. The second-order valence-electron chi connectivity index (χ2n) is 3.56. The van der Waals surface area contributed by atoms with Crippen LogP contribution in [0.5, 0.6) is 5.75 Å². The van der Waals surface area contributed by atoms with Gasteiger partial charge >= 0.3 is 5.97 Å². The highest BCUT2D eigenvalue weighted by atomic mass is 79.9. The zero-order valence-electron chi connectivity index (χ0n) is 10.7. The largest absolute Gasteiger partial charge is 0.492 e. The van der Waals surface area contributed by atoms with Crippen molar-refractivity contribution in [2.75, 3.05) is 19.0 Å². The molecule has 1 rings (SSSR count). The molecule has 0 aliphatic carbocycles. The fourth-order valence-corrected chi connectivity index (χ4v) is 1.61. The Morgan fingerprint density at radius 3 is 2.79 bits per heavy atom. The molecule has 1 N–H and O–H groups in total. The summed E-state index contributed by atoms with van der Waals surface area (Å²) in [6.45, 7) is 2.37. The summed E-state index contributed by atoms with van der Waals surface area (Å²) in [6.07, 6.45) is 1.63. The smallest absolute Gasteiger partial charge is 0.306 e. The first-order valence-electron chi connectivity index (χ1n) is 5.71. The summed E-state index contributed by atoms with van der Waals surface area (Å²) >= 11 is 3.30. The van der Waals surface area contributed by atoms with Crippen molar-refractivity contribution in [2.24, 2.45) is 0 Å². The number of hydrogen-bond donors (Lipinski definition) is 1. The third-order valence-electron chi connectivity index (χ3n) is 2.17. The van der Waals surface area contributed by atoms with E-state index in [1.165, 1.54) is 7.11 Å². The van der Waals surface area contributed by atoms with Crippen LogP contribution < -0.4 is 10.1 Å².